The van der Waals surface area contributed by atoms with Gasteiger partial charge in [0.15, 0.2) is 29.3 Å². The summed E-state index contributed by atoms with van der Waals surface area (Å²) in [7, 11) is 4.67. The third kappa shape index (κ3) is 8.46. The van der Waals surface area contributed by atoms with Crippen LogP contribution in [0.15, 0.2) is 36.4 Å². The lowest BCUT2D eigenvalue weighted by atomic mass is 9.85. The van der Waals surface area contributed by atoms with Gasteiger partial charge in [-0.1, -0.05) is 26.0 Å². The van der Waals surface area contributed by atoms with Gasteiger partial charge in [0.05, 0.1) is 34.5 Å². The van der Waals surface area contributed by atoms with Gasteiger partial charge >= 0.3 is 0 Å². The van der Waals surface area contributed by atoms with Crippen molar-refractivity contribution in [2.75, 3.05) is 34.5 Å². The monoisotopic (exact) mass is 668 g/mol. The molecule has 0 spiro atoms. The van der Waals surface area contributed by atoms with Crippen molar-refractivity contribution in [3.63, 3.8) is 0 Å². The Kier molecular flexibility index (Phi) is 13.1. The van der Waals surface area contributed by atoms with Crippen LogP contribution in [0.4, 0.5) is 0 Å². The number of hydrogen-bond acceptors (Lipinski definition) is 14. The van der Waals surface area contributed by atoms with Crippen LogP contribution in [0.1, 0.15) is 25.0 Å². The van der Waals surface area contributed by atoms with Gasteiger partial charge in [-0.15, -0.1) is 0 Å². The Hall–Kier alpha value is -2.76. The zero-order valence-electron chi connectivity index (χ0n) is 27.2. The van der Waals surface area contributed by atoms with Crippen LogP contribution in [0.25, 0.3) is 0 Å². The number of ether oxygens (including phenoxy) is 7. The fourth-order valence-electron chi connectivity index (χ4n) is 5.87. The number of aliphatic hydroxyl groups is 7. The second-order valence-electron chi connectivity index (χ2n) is 12.2. The molecule has 0 bridgehead atoms. The second-order valence-corrected chi connectivity index (χ2v) is 12.2. The Morgan fingerprint density at radius 1 is 0.596 bits per heavy atom. The average Bonchev–Trinajstić information content (AvgIpc) is 3.07. The zero-order valence-corrected chi connectivity index (χ0v) is 27.2. The molecule has 2 aromatic rings. The van der Waals surface area contributed by atoms with E-state index in [1.165, 1.54) is 7.11 Å². The highest BCUT2D eigenvalue weighted by Gasteiger charge is 2.51. The smallest absolute Gasteiger partial charge is 0.229 e. The van der Waals surface area contributed by atoms with Crippen molar-refractivity contribution >= 4 is 0 Å². The summed E-state index contributed by atoms with van der Waals surface area (Å²) in [6.45, 7) is 2.96. The molecular formula is C33H48O14. The maximum Gasteiger partial charge on any atom is 0.229 e. The van der Waals surface area contributed by atoms with E-state index in [9.17, 15) is 35.7 Å². The molecule has 2 heterocycles. The van der Waals surface area contributed by atoms with Gasteiger partial charge in [0.25, 0.3) is 0 Å². The topological polar surface area (TPSA) is 206 Å². The molecule has 2 aliphatic heterocycles. The molecular weight excluding hydrogens is 620 g/mol. The first-order chi connectivity index (χ1) is 22.4. The molecule has 14 nitrogen and oxygen atoms in total. The number of rotatable bonds is 14. The maximum absolute atomic E-state index is 11.0. The summed E-state index contributed by atoms with van der Waals surface area (Å²) in [5.41, 5.74) is 2.05. The molecule has 0 saturated carbocycles. The first-order valence-electron chi connectivity index (χ1n) is 15.6. The Balaban J connectivity index is 1.43. The minimum atomic E-state index is -1.76. The summed E-state index contributed by atoms with van der Waals surface area (Å²) < 4.78 is 39.0. The third-order valence-corrected chi connectivity index (χ3v) is 8.97. The highest BCUT2D eigenvalue weighted by Crippen LogP contribution is 2.35. The molecule has 12 atom stereocenters. The van der Waals surface area contributed by atoms with Crippen molar-refractivity contribution in [2.45, 2.75) is 88.1 Å². The van der Waals surface area contributed by atoms with Crippen LogP contribution in [0, 0.1) is 11.8 Å². The number of benzene rings is 2. The van der Waals surface area contributed by atoms with Crippen LogP contribution in [0.3, 0.4) is 0 Å². The summed E-state index contributed by atoms with van der Waals surface area (Å²) in [5, 5.41) is 72.0. The first-order valence-corrected chi connectivity index (χ1v) is 15.6. The fraction of sp³-hybridized carbons (Fsp3) is 0.636. The van der Waals surface area contributed by atoms with E-state index >= 15 is 0 Å². The number of aliphatic hydroxyl groups excluding tert-OH is 7. The van der Waals surface area contributed by atoms with Gasteiger partial charge in [-0.05, 0) is 60.1 Å². The standard InChI is InChI=1S/C33H48O14/c1-16(10-18-6-8-20(41-3)22(12-18)43-5)17(2)11-19-7-9-21(42-4)23(13-19)44-32-30(40)28(38)31(25(15-35)46-32)47-33-29(39)27(37)26(36)24(14-34)45-33/h6-9,12-13,16-17,24-40H,10-11,14-15H2,1-5H3/t16-,17+,24?,25?,26?,27?,28?,29?,30?,31?,32?,33?/m0/s1. The molecule has 7 N–H and O–H groups in total. The van der Waals surface area contributed by atoms with Crippen LogP contribution in [0.5, 0.6) is 23.0 Å². The van der Waals surface area contributed by atoms with Crippen molar-refractivity contribution in [1.29, 1.82) is 0 Å². The zero-order chi connectivity index (χ0) is 34.4. The minimum Gasteiger partial charge on any atom is -0.493 e. The summed E-state index contributed by atoms with van der Waals surface area (Å²) in [6, 6.07) is 11.3. The lowest BCUT2D eigenvalue weighted by molar-refractivity contribution is -0.352. The highest BCUT2D eigenvalue weighted by atomic mass is 16.7. The largest absolute Gasteiger partial charge is 0.493 e. The molecule has 47 heavy (non-hydrogen) atoms. The molecule has 0 aliphatic carbocycles. The maximum atomic E-state index is 11.0. The molecule has 0 amide bonds. The summed E-state index contributed by atoms with van der Waals surface area (Å²) in [6.07, 6.45) is -14.0. The summed E-state index contributed by atoms with van der Waals surface area (Å²) >= 11 is 0. The van der Waals surface area contributed by atoms with Crippen LogP contribution in [-0.4, -0.2) is 132 Å². The van der Waals surface area contributed by atoms with Crippen LogP contribution in [-0.2, 0) is 27.1 Å². The molecule has 14 heteroatoms. The summed E-state index contributed by atoms with van der Waals surface area (Å²) in [5.74, 6) is 2.49. The van der Waals surface area contributed by atoms with Crippen molar-refractivity contribution in [3.8, 4) is 23.0 Å². The minimum absolute atomic E-state index is 0.242. The van der Waals surface area contributed by atoms with Gasteiger partial charge in [0.2, 0.25) is 6.29 Å². The van der Waals surface area contributed by atoms with Crippen molar-refractivity contribution < 1.29 is 68.9 Å². The predicted molar refractivity (Wildman–Crippen MR) is 165 cm³/mol. The van der Waals surface area contributed by atoms with Crippen molar-refractivity contribution in [1.82, 2.24) is 0 Å². The van der Waals surface area contributed by atoms with Gasteiger partial charge < -0.3 is 68.9 Å². The third-order valence-electron chi connectivity index (χ3n) is 8.97. The van der Waals surface area contributed by atoms with Gasteiger partial charge in [-0.2, -0.15) is 0 Å². The molecule has 0 aromatic heterocycles. The van der Waals surface area contributed by atoms with Crippen LogP contribution >= 0.6 is 0 Å². The van der Waals surface area contributed by atoms with E-state index in [-0.39, 0.29) is 11.7 Å². The quantitative estimate of drug-likeness (QED) is 0.139. The van der Waals surface area contributed by atoms with Crippen LogP contribution < -0.4 is 18.9 Å². The first kappa shape index (κ1) is 37.1. The van der Waals surface area contributed by atoms with E-state index in [1.54, 1.807) is 26.4 Å². The highest BCUT2D eigenvalue weighted by molar-refractivity contribution is 5.44. The molecule has 10 unspecified atom stereocenters. The number of hydrogen-bond donors (Lipinski definition) is 7. The summed E-state index contributed by atoms with van der Waals surface area (Å²) in [4.78, 5) is 0. The molecule has 0 radical (unpaired) electrons. The van der Waals surface area contributed by atoms with Gasteiger partial charge in [0, 0.05) is 0 Å². The molecule has 2 saturated heterocycles. The second kappa shape index (κ2) is 16.6. The molecule has 264 valence electrons. The lowest BCUT2D eigenvalue weighted by Gasteiger charge is -2.45. The fourth-order valence-corrected chi connectivity index (χ4v) is 5.87. The Labute approximate surface area is 273 Å². The van der Waals surface area contributed by atoms with E-state index < -0.39 is 74.6 Å². The van der Waals surface area contributed by atoms with Gasteiger partial charge in [-0.3, -0.25) is 0 Å². The van der Waals surface area contributed by atoms with Crippen LogP contribution in [0.2, 0.25) is 0 Å². The average molecular weight is 669 g/mol. The van der Waals surface area contributed by atoms with Gasteiger partial charge in [-0.25, -0.2) is 0 Å². The van der Waals surface area contributed by atoms with Gasteiger partial charge in [0.1, 0.15) is 48.8 Å². The molecule has 2 aromatic carbocycles. The van der Waals surface area contributed by atoms with Crippen molar-refractivity contribution in [3.05, 3.63) is 47.5 Å². The van der Waals surface area contributed by atoms with E-state index in [0.717, 1.165) is 17.5 Å². The Morgan fingerprint density at radius 2 is 1.09 bits per heavy atom. The Morgan fingerprint density at radius 3 is 1.62 bits per heavy atom. The molecule has 4 rings (SSSR count). The van der Waals surface area contributed by atoms with E-state index in [0.29, 0.717) is 29.6 Å². The molecule has 2 fully saturated rings. The van der Waals surface area contributed by atoms with E-state index in [4.69, 9.17) is 33.2 Å². The Bertz CT molecular complexity index is 1270. The van der Waals surface area contributed by atoms with Crippen molar-refractivity contribution in [2.24, 2.45) is 11.8 Å². The lowest BCUT2D eigenvalue weighted by Crippen LogP contribution is -2.65. The predicted octanol–water partition coefficient (Wildman–Crippen LogP) is -0.227. The van der Waals surface area contributed by atoms with E-state index in [2.05, 4.69) is 13.8 Å². The number of methoxy groups -OCH3 is 3. The normalized spacial score (nSPS) is 32.3. The SMILES string of the molecule is COc1ccc(C[C@H](C)[C@H](C)Cc2ccc(OC)c(OC3OC(CO)C(OC4OC(CO)C(O)C(O)C4O)C(O)C3O)c2)cc1OC. The van der Waals surface area contributed by atoms with E-state index in [1.807, 2.05) is 24.3 Å². The molecule has 2 aliphatic rings.